The van der Waals surface area contributed by atoms with E-state index in [9.17, 15) is 5.26 Å². The molecule has 0 amide bonds. The second-order valence-electron chi connectivity index (χ2n) is 7.59. The van der Waals surface area contributed by atoms with Crippen LogP contribution < -0.4 is 0 Å². The Labute approximate surface area is 186 Å². The van der Waals surface area contributed by atoms with Crippen LogP contribution in [0.1, 0.15) is 24.0 Å². The number of hydrogen-bond donors (Lipinski definition) is 0. The van der Waals surface area contributed by atoms with Gasteiger partial charge >= 0.3 is 0 Å². The Hall–Kier alpha value is -2.35. The molecule has 0 N–H and O–H groups in total. The lowest BCUT2D eigenvalue weighted by Crippen LogP contribution is -2.17. The first kappa shape index (κ1) is 22.3. The molecule has 0 spiro atoms. The molecule has 158 valence electrons. The number of benzene rings is 2. The van der Waals surface area contributed by atoms with Gasteiger partial charge in [0, 0.05) is 16.2 Å². The summed E-state index contributed by atoms with van der Waals surface area (Å²) in [6.07, 6.45) is 0. The van der Waals surface area contributed by atoms with Crippen molar-refractivity contribution in [2.45, 2.75) is 24.7 Å². The zero-order chi connectivity index (χ0) is 21.7. The van der Waals surface area contributed by atoms with Crippen molar-refractivity contribution in [2.24, 2.45) is 5.92 Å². The van der Waals surface area contributed by atoms with Gasteiger partial charge in [-0.3, -0.25) is 0 Å². The van der Waals surface area contributed by atoms with E-state index in [0.717, 1.165) is 16.2 Å². The summed E-state index contributed by atoms with van der Waals surface area (Å²) < 4.78 is 11.6. The van der Waals surface area contributed by atoms with E-state index in [1.807, 2.05) is 30.3 Å². The molecule has 0 aliphatic carbocycles. The third kappa shape index (κ3) is 4.10. The van der Waals surface area contributed by atoms with Gasteiger partial charge in [0.25, 0.3) is 0 Å². The van der Waals surface area contributed by atoms with E-state index in [4.69, 9.17) is 21.1 Å². The Morgan fingerprint density at radius 1 is 1.03 bits per heavy atom. The van der Waals surface area contributed by atoms with E-state index in [1.165, 1.54) is 10.5 Å². The molecule has 0 saturated carbocycles. The molecule has 3 rings (SSSR count). The second kappa shape index (κ2) is 9.64. The van der Waals surface area contributed by atoms with E-state index in [2.05, 4.69) is 49.6 Å². The standard InChI is InChI=1S/C25H28ClNO2S/c1-18-10-12-21(13-11-18)30(16-19(2)14-26)17-23(28-3)24(29-4)25(30)22(15-27)20-8-6-5-7-9-20/h5-13,17,19,22H,14,16H2,1-4H3. The van der Waals surface area contributed by atoms with Gasteiger partial charge in [0.2, 0.25) is 0 Å². The highest BCUT2D eigenvalue weighted by molar-refractivity contribution is 8.39. The molecule has 2 aromatic rings. The quantitative estimate of drug-likeness (QED) is 0.428. The fourth-order valence-corrected chi connectivity index (χ4v) is 8.46. The van der Waals surface area contributed by atoms with Crippen LogP contribution in [0.5, 0.6) is 0 Å². The first-order valence-electron chi connectivity index (χ1n) is 9.93. The number of alkyl halides is 1. The first-order valence-corrected chi connectivity index (χ1v) is 12.3. The molecule has 3 unspecified atom stereocenters. The minimum absolute atomic E-state index is 0.263. The van der Waals surface area contributed by atoms with Crippen LogP contribution in [0.3, 0.4) is 0 Å². The van der Waals surface area contributed by atoms with Crippen LogP contribution >= 0.6 is 21.6 Å². The molecule has 0 fully saturated rings. The number of hydrogen-bond acceptors (Lipinski definition) is 3. The predicted octanol–water partition coefficient (Wildman–Crippen LogP) is 6.70. The highest BCUT2D eigenvalue weighted by atomic mass is 35.5. The van der Waals surface area contributed by atoms with Gasteiger partial charge in [-0.2, -0.15) is 15.3 Å². The molecule has 30 heavy (non-hydrogen) atoms. The Bertz CT molecular complexity index is 978. The minimum atomic E-state index is -1.73. The van der Waals surface area contributed by atoms with Crippen molar-refractivity contribution in [1.82, 2.24) is 0 Å². The molecule has 0 radical (unpaired) electrons. The van der Waals surface area contributed by atoms with Crippen LogP contribution in [0.4, 0.5) is 0 Å². The Kier molecular flexibility index (Phi) is 7.18. The highest BCUT2D eigenvalue weighted by Crippen LogP contribution is 2.72. The number of ether oxygens (including phenoxy) is 2. The van der Waals surface area contributed by atoms with E-state index in [0.29, 0.717) is 17.4 Å². The molecule has 1 aliphatic rings. The molecule has 1 aliphatic heterocycles. The molecule has 0 saturated heterocycles. The van der Waals surface area contributed by atoms with Gasteiger partial charge < -0.3 is 9.47 Å². The fraction of sp³-hybridized carbons (Fsp3) is 0.320. The smallest absolute Gasteiger partial charge is 0.171 e. The van der Waals surface area contributed by atoms with Crippen molar-refractivity contribution in [3.8, 4) is 6.07 Å². The van der Waals surface area contributed by atoms with Gasteiger partial charge in [-0.05, 0) is 41.2 Å². The molecule has 5 heteroatoms. The third-order valence-electron chi connectivity index (χ3n) is 5.35. The maximum absolute atomic E-state index is 10.3. The average Bonchev–Trinajstić information content (AvgIpc) is 3.09. The molecule has 2 aromatic carbocycles. The van der Waals surface area contributed by atoms with E-state index < -0.39 is 15.9 Å². The second-order valence-corrected chi connectivity index (χ2v) is 11.0. The summed E-state index contributed by atoms with van der Waals surface area (Å²) in [6.45, 7) is 4.24. The summed E-state index contributed by atoms with van der Waals surface area (Å²) in [6, 6.07) is 21.1. The number of nitriles is 1. The average molecular weight is 442 g/mol. The number of allylic oxidation sites excluding steroid dienone is 1. The predicted molar refractivity (Wildman–Crippen MR) is 126 cm³/mol. The summed E-state index contributed by atoms with van der Waals surface area (Å²) in [5.41, 5.74) is 2.16. The van der Waals surface area contributed by atoms with Gasteiger partial charge in [-0.15, -0.1) is 11.6 Å². The van der Waals surface area contributed by atoms with Gasteiger partial charge in [0.1, 0.15) is 5.92 Å². The van der Waals surface area contributed by atoms with E-state index in [1.54, 1.807) is 14.2 Å². The van der Waals surface area contributed by atoms with Gasteiger partial charge in [-0.25, -0.2) is 0 Å². The lowest BCUT2D eigenvalue weighted by molar-refractivity contribution is 0.220. The topological polar surface area (TPSA) is 42.2 Å². The zero-order valence-electron chi connectivity index (χ0n) is 17.9. The van der Waals surface area contributed by atoms with Crippen molar-refractivity contribution in [3.05, 3.63) is 87.6 Å². The first-order chi connectivity index (χ1) is 14.5. The summed E-state index contributed by atoms with van der Waals surface area (Å²) in [5.74, 6) is 2.57. The maximum atomic E-state index is 10.3. The molecule has 0 bridgehead atoms. The SMILES string of the molecule is COC1=CS(CC(C)CCl)(c2ccc(C)cc2)C(C(C#N)c2ccccc2)=C1OC. The maximum Gasteiger partial charge on any atom is 0.171 e. The van der Waals surface area contributed by atoms with Gasteiger partial charge in [0.15, 0.2) is 11.5 Å². The monoisotopic (exact) mass is 441 g/mol. The van der Waals surface area contributed by atoms with Crippen LogP contribution in [0.15, 0.2) is 81.3 Å². The number of halogens is 1. The van der Waals surface area contributed by atoms with Gasteiger partial charge in [-0.1, -0.05) is 55.0 Å². The van der Waals surface area contributed by atoms with Crippen molar-refractivity contribution >= 4 is 21.6 Å². The molecule has 3 atom stereocenters. The highest BCUT2D eigenvalue weighted by Gasteiger charge is 2.44. The van der Waals surface area contributed by atoms with Crippen LogP contribution in [-0.2, 0) is 9.47 Å². The Morgan fingerprint density at radius 2 is 1.70 bits per heavy atom. The molecular formula is C25H28ClNO2S. The van der Waals surface area contributed by atoms with Gasteiger partial charge in [0.05, 0.1) is 20.3 Å². The number of nitrogens with zero attached hydrogens (tertiary/aromatic N) is 1. The van der Waals surface area contributed by atoms with E-state index >= 15 is 0 Å². The molecule has 0 aromatic heterocycles. The zero-order valence-corrected chi connectivity index (χ0v) is 19.5. The third-order valence-corrected chi connectivity index (χ3v) is 9.91. The number of aryl methyl sites for hydroxylation is 1. The summed E-state index contributed by atoms with van der Waals surface area (Å²) in [4.78, 5) is 2.19. The molecule has 3 nitrogen and oxygen atoms in total. The van der Waals surface area contributed by atoms with E-state index in [-0.39, 0.29) is 5.92 Å². The summed E-state index contributed by atoms with van der Waals surface area (Å²) in [5, 5.41) is 12.5. The summed E-state index contributed by atoms with van der Waals surface area (Å²) >= 11 is 6.27. The minimum Gasteiger partial charge on any atom is -0.492 e. The van der Waals surface area contributed by atoms with Crippen molar-refractivity contribution < 1.29 is 9.47 Å². The van der Waals surface area contributed by atoms with Crippen LogP contribution in [0, 0.1) is 24.2 Å². The van der Waals surface area contributed by atoms with Crippen LogP contribution in [0.25, 0.3) is 0 Å². The fourth-order valence-electron chi connectivity index (χ4n) is 3.90. The molecular weight excluding hydrogens is 414 g/mol. The lowest BCUT2D eigenvalue weighted by Gasteiger charge is -2.40. The Morgan fingerprint density at radius 3 is 2.23 bits per heavy atom. The lowest BCUT2D eigenvalue weighted by atomic mass is 9.99. The van der Waals surface area contributed by atoms with Crippen LogP contribution in [-0.4, -0.2) is 25.9 Å². The molecule has 1 heterocycles. The Balaban J connectivity index is 2.32. The summed E-state index contributed by atoms with van der Waals surface area (Å²) in [7, 11) is 1.57. The van der Waals surface area contributed by atoms with Crippen molar-refractivity contribution in [3.63, 3.8) is 0 Å². The number of rotatable bonds is 8. The normalized spacial score (nSPS) is 22.5. The van der Waals surface area contributed by atoms with Crippen LogP contribution in [0.2, 0.25) is 0 Å². The number of methoxy groups -OCH3 is 2. The largest absolute Gasteiger partial charge is 0.492 e. The van der Waals surface area contributed by atoms with Crippen molar-refractivity contribution in [2.75, 3.05) is 25.9 Å². The van der Waals surface area contributed by atoms with Crippen molar-refractivity contribution in [1.29, 1.82) is 5.26 Å².